The molecule has 2 N–H and O–H groups in total. The third kappa shape index (κ3) is 5.59. The van der Waals surface area contributed by atoms with Gasteiger partial charge in [-0.25, -0.2) is 5.01 Å². The zero-order valence-corrected chi connectivity index (χ0v) is 20.4. The summed E-state index contributed by atoms with van der Waals surface area (Å²) in [4.78, 5) is 31.4. The second-order valence-electron chi connectivity index (χ2n) is 8.56. The van der Waals surface area contributed by atoms with Gasteiger partial charge in [0, 0.05) is 13.3 Å². The van der Waals surface area contributed by atoms with Crippen LogP contribution in [0.2, 0.25) is 0 Å². The van der Waals surface area contributed by atoms with Gasteiger partial charge in [0.1, 0.15) is 12.2 Å². The number of fused-ring (bicyclic) bond motifs is 2. The number of benzene rings is 4. The van der Waals surface area contributed by atoms with Gasteiger partial charge in [-0.3, -0.25) is 14.4 Å². The van der Waals surface area contributed by atoms with Gasteiger partial charge in [0.2, 0.25) is 5.91 Å². The number of rotatable bonds is 5. The van der Waals surface area contributed by atoms with Crippen LogP contribution in [0.5, 0.6) is 5.75 Å². The summed E-state index contributed by atoms with van der Waals surface area (Å²) in [5, 5.41) is 26.5. The summed E-state index contributed by atoms with van der Waals surface area (Å²) in [6.07, 6.45) is -0.135. The largest absolute Gasteiger partial charge is 0.497 e. The molecule has 0 saturated carbocycles. The van der Waals surface area contributed by atoms with Crippen molar-refractivity contribution in [3.05, 3.63) is 90.0 Å². The summed E-state index contributed by atoms with van der Waals surface area (Å²) >= 11 is 0. The van der Waals surface area contributed by atoms with E-state index >= 15 is 0 Å². The number of hydrogen-bond acceptors (Lipinski definition) is 5. The van der Waals surface area contributed by atoms with Crippen molar-refractivity contribution in [3.63, 3.8) is 0 Å². The van der Waals surface area contributed by atoms with Crippen LogP contribution < -0.4 is 4.74 Å². The Hall–Kier alpha value is -4.72. The van der Waals surface area contributed by atoms with Crippen molar-refractivity contribution >= 4 is 45.1 Å². The van der Waals surface area contributed by atoms with E-state index in [0.29, 0.717) is 6.42 Å². The molecule has 1 amide bonds. The lowest BCUT2D eigenvalue weighted by Crippen LogP contribution is -2.24. The minimum atomic E-state index is -1.31. The second-order valence-corrected chi connectivity index (χ2v) is 8.56. The number of ether oxygens (including phenoxy) is 1. The summed E-state index contributed by atoms with van der Waals surface area (Å²) in [7, 11) is 1.65. The van der Waals surface area contributed by atoms with Crippen LogP contribution in [0.4, 0.5) is 0 Å². The van der Waals surface area contributed by atoms with E-state index in [4.69, 9.17) is 20.1 Å². The molecule has 0 fully saturated rings. The van der Waals surface area contributed by atoms with Crippen LogP contribution in [0, 0.1) is 0 Å². The number of carbonyl (C=O) groups excluding carboxylic acids is 1. The van der Waals surface area contributed by atoms with Gasteiger partial charge in [-0.05, 0) is 63.0 Å². The normalized spacial score (nSPS) is 14.6. The monoisotopic (exact) mass is 498 g/mol. The third-order valence-corrected chi connectivity index (χ3v) is 6.10. The van der Waals surface area contributed by atoms with Crippen molar-refractivity contribution < 1.29 is 29.3 Å². The average Bonchev–Trinajstić information content (AvgIpc) is 3.32. The van der Waals surface area contributed by atoms with Crippen LogP contribution in [0.15, 0.2) is 84.0 Å². The molecule has 1 atom stereocenters. The quantitative estimate of drug-likeness (QED) is 0.287. The fraction of sp³-hybridized carbons (Fsp3) is 0.172. The molecule has 0 aliphatic carbocycles. The summed E-state index contributed by atoms with van der Waals surface area (Å²) in [5.74, 6) is -1.88. The number of methoxy groups -OCH3 is 1. The van der Waals surface area contributed by atoms with Gasteiger partial charge in [0.05, 0.1) is 18.9 Å². The Kier molecular flexibility index (Phi) is 7.48. The number of hydrogen-bond donors (Lipinski definition) is 2. The lowest BCUT2D eigenvalue weighted by Gasteiger charge is -2.24. The van der Waals surface area contributed by atoms with Crippen molar-refractivity contribution in [1.82, 2.24) is 5.01 Å². The Bertz CT molecular complexity index is 1440. The lowest BCUT2D eigenvalue weighted by molar-refractivity contribution is -0.147. The molecule has 0 saturated heterocycles. The molecule has 1 aliphatic rings. The summed E-state index contributed by atoms with van der Waals surface area (Å²) in [5.41, 5.74) is 3.08. The highest BCUT2D eigenvalue weighted by atomic mass is 16.5. The Morgan fingerprint density at radius 3 is 1.89 bits per heavy atom. The molecule has 0 spiro atoms. The number of amides is 1. The Balaban J connectivity index is 0.000000405. The maximum Gasteiger partial charge on any atom is 0.314 e. The number of aliphatic carboxylic acids is 2. The molecule has 1 aliphatic heterocycles. The first-order valence-corrected chi connectivity index (χ1v) is 11.6. The molecular formula is C29H26N2O6. The first-order valence-electron chi connectivity index (χ1n) is 11.6. The van der Waals surface area contributed by atoms with Crippen molar-refractivity contribution in [2.24, 2.45) is 5.10 Å². The van der Waals surface area contributed by atoms with Gasteiger partial charge in [0.15, 0.2) is 0 Å². The predicted molar refractivity (Wildman–Crippen MR) is 141 cm³/mol. The van der Waals surface area contributed by atoms with Crippen molar-refractivity contribution in [1.29, 1.82) is 0 Å². The van der Waals surface area contributed by atoms with Crippen molar-refractivity contribution in [3.8, 4) is 5.75 Å². The number of carboxylic acids is 2. The zero-order valence-electron chi connectivity index (χ0n) is 20.4. The molecule has 0 aromatic heterocycles. The minimum absolute atomic E-state index is 0.0551. The highest BCUT2D eigenvalue weighted by molar-refractivity contribution is 6.07. The minimum Gasteiger partial charge on any atom is -0.497 e. The van der Waals surface area contributed by atoms with Crippen LogP contribution in [0.1, 0.15) is 36.9 Å². The molecule has 0 radical (unpaired) electrons. The molecule has 0 unspecified atom stereocenters. The molecule has 5 rings (SSSR count). The standard InChI is InChI=1S/C26H22N2O2.C3H4O4/c1-17(29)28-25(16-24(27-28)18-11-13-21(30-2)14-12-18)26-22-9-5-3-7-19(22)15-20-8-4-6-10-23(20)26;4-2(5)1-3(6)7/h3-15,25H,16H2,1-2H3;1H2,(H,4,5)(H,6,7)/t25-;/m1./s1. The van der Waals surface area contributed by atoms with Crippen molar-refractivity contribution in [2.45, 2.75) is 25.8 Å². The molecule has 1 heterocycles. The first-order chi connectivity index (χ1) is 17.8. The maximum atomic E-state index is 12.6. The highest BCUT2D eigenvalue weighted by Crippen LogP contribution is 2.40. The second kappa shape index (κ2) is 10.9. The van der Waals surface area contributed by atoms with E-state index in [-0.39, 0.29) is 11.9 Å². The summed E-state index contributed by atoms with van der Waals surface area (Å²) in [6, 6.07) is 26.7. The summed E-state index contributed by atoms with van der Waals surface area (Å²) in [6.45, 7) is 1.58. The molecule has 8 heteroatoms. The van der Waals surface area contributed by atoms with Gasteiger partial charge in [0.25, 0.3) is 0 Å². The fourth-order valence-corrected chi connectivity index (χ4v) is 4.52. The first kappa shape index (κ1) is 25.4. The average molecular weight is 499 g/mol. The van der Waals surface area contributed by atoms with Crippen LogP contribution in [-0.4, -0.2) is 45.9 Å². The van der Waals surface area contributed by atoms with Gasteiger partial charge in [-0.2, -0.15) is 5.10 Å². The maximum absolute atomic E-state index is 12.6. The summed E-state index contributed by atoms with van der Waals surface area (Å²) < 4.78 is 5.27. The molecule has 4 aromatic rings. The highest BCUT2D eigenvalue weighted by Gasteiger charge is 2.33. The van der Waals surface area contributed by atoms with Crippen LogP contribution >= 0.6 is 0 Å². The van der Waals surface area contributed by atoms with E-state index < -0.39 is 18.4 Å². The molecular weight excluding hydrogens is 472 g/mol. The van der Waals surface area contributed by atoms with Gasteiger partial charge in [-0.15, -0.1) is 0 Å². The molecule has 37 heavy (non-hydrogen) atoms. The van der Waals surface area contributed by atoms with Gasteiger partial charge in [-0.1, -0.05) is 48.5 Å². The predicted octanol–water partition coefficient (Wildman–Crippen LogP) is 5.24. The van der Waals surface area contributed by atoms with E-state index in [1.54, 1.807) is 19.0 Å². The lowest BCUT2D eigenvalue weighted by atomic mass is 9.89. The molecule has 4 aromatic carbocycles. The molecule has 0 bridgehead atoms. The third-order valence-electron chi connectivity index (χ3n) is 6.10. The van der Waals surface area contributed by atoms with Crippen LogP contribution in [-0.2, 0) is 14.4 Å². The van der Waals surface area contributed by atoms with E-state index in [1.807, 2.05) is 24.3 Å². The van der Waals surface area contributed by atoms with Gasteiger partial charge < -0.3 is 14.9 Å². The number of carboxylic acid groups (broad SMARTS) is 2. The van der Waals surface area contributed by atoms with Crippen molar-refractivity contribution in [2.75, 3.05) is 7.11 Å². The molecule has 188 valence electrons. The van der Waals surface area contributed by atoms with E-state index in [1.165, 1.54) is 21.5 Å². The number of hydrazone groups is 1. The fourth-order valence-electron chi connectivity index (χ4n) is 4.52. The van der Waals surface area contributed by atoms with Crippen LogP contribution in [0.25, 0.3) is 21.5 Å². The van der Waals surface area contributed by atoms with E-state index in [9.17, 15) is 14.4 Å². The SMILES string of the molecule is COc1ccc(C2=NN(C(C)=O)[C@@H](c3c4ccccc4cc4ccccc34)C2)cc1.O=C(O)CC(=O)O. The molecule has 8 nitrogen and oxygen atoms in total. The number of nitrogens with zero attached hydrogens (tertiary/aromatic N) is 2. The van der Waals surface area contributed by atoms with E-state index in [2.05, 4.69) is 54.6 Å². The zero-order chi connectivity index (χ0) is 26.5. The Morgan fingerprint density at radius 2 is 1.43 bits per heavy atom. The smallest absolute Gasteiger partial charge is 0.314 e. The van der Waals surface area contributed by atoms with Gasteiger partial charge >= 0.3 is 11.9 Å². The number of carbonyl (C=O) groups is 3. The van der Waals surface area contributed by atoms with Crippen LogP contribution in [0.3, 0.4) is 0 Å². The van der Waals surface area contributed by atoms with E-state index in [0.717, 1.165) is 22.6 Å². The Labute approximate surface area is 213 Å². The Morgan fingerprint density at radius 1 is 0.892 bits per heavy atom. The topological polar surface area (TPSA) is 117 Å².